The van der Waals surface area contributed by atoms with Gasteiger partial charge in [-0.2, -0.15) is 0 Å². The number of phenols is 1. The van der Waals surface area contributed by atoms with E-state index in [1.807, 2.05) is 0 Å². The minimum absolute atomic E-state index is 0.00807. The molecule has 0 fully saturated rings. The molecule has 0 radical (unpaired) electrons. The molecule has 0 aliphatic heterocycles. The molecular formula is C71H130BrN5O29. The number of carbonyl (C=O) groups is 4. The summed E-state index contributed by atoms with van der Waals surface area (Å²) in [7, 11) is 0. The molecule has 620 valence electrons. The maximum absolute atomic E-state index is 12.5. The van der Waals surface area contributed by atoms with Crippen molar-refractivity contribution in [2.24, 2.45) is 5.73 Å². The second-order valence-corrected chi connectivity index (χ2v) is 23.4. The number of hydrogen-bond acceptors (Lipinski definition) is 30. The van der Waals surface area contributed by atoms with E-state index in [0.29, 0.717) is 335 Å². The van der Waals surface area contributed by atoms with E-state index >= 15 is 0 Å². The quantitative estimate of drug-likeness (QED) is 0.0276. The molecule has 0 saturated heterocycles. The van der Waals surface area contributed by atoms with Crippen LogP contribution in [0.1, 0.15) is 51.0 Å². The third-order valence-electron chi connectivity index (χ3n) is 13.7. The maximum Gasteiger partial charge on any atom is 0.258 e. The summed E-state index contributed by atoms with van der Waals surface area (Å²) in [5.41, 5.74) is 7.35. The lowest BCUT2D eigenvalue weighted by molar-refractivity contribution is -0.122. The number of phenolic OH excluding ortho intramolecular Hbond substituents is 1. The van der Waals surface area contributed by atoms with Crippen molar-refractivity contribution in [1.82, 2.24) is 16.0 Å². The number of halogens is 1. The highest BCUT2D eigenvalue weighted by Crippen LogP contribution is 2.25. The number of carbonyl (C=O) groups excluding carboxylic acids is 4. The van der Waals surface area contributed by atoms with Crippen LogP contribution in [0.5, 0.6) is 5.75 Å². The van der Waals surface area contributed by atoms with Crippen LogP contribution in [0.2, 0.25) is 0 Å². The van der Waals surface area contributed by atoms with E-state index in [9.17, 15) is 24.3 Å². The van der Waals surface area contributed by atoms with Crippen LogP contribution in [0.25, 0.3) is 0 Å². The zero-order valence-electron chi connectivity index (χ0n) is 63.1. The summed E-state index contributed by atoms with van der Waals surface area (Å²) < 4.78 is 126. The van der Waals surface area contributed by atoms with Crippen LogP contribution in [-0.2, 0) is 135 Å². The smallest absolute Gasteiger partial charge is 0.258 e. The van der Waals surface area contributed by atoms with Crippen molar-refractivity contribution in [2.75, 3.05) is 335 Å². The van der Waals surface area contributed by atoms with Crippen LogP contribution in [0.15, 0.2) is 28.8 Å². The Balaban J connectivity index is 1.69. The Morgan fingerprint density at radius 1 is 0.387 bits per heavy atom. The van der Waals surface area contributed by atoms with Crippen molar-refractivity contribution in [3.8, 4) is 5.75 Å². The van der Waals surface area contributed by atoms with Crippen LogP contribution in [0, 0.1) is 0 Å². The summed E-state index contributed by atoms with van der Waals surface area (Å²) in [6, 6.07) is 5.01. The fourth-order valence-electron chi connectivity index (χ4n) is 8.38. The van der Waals surface area contributed by atoms with E-state index in [2.05, 4.69) is 44.1 Å². The topological polar surface area (TPSA) is 395 Å². The summed E-state index contributed by atoms with van der Waals surface area (Å²) in [5, 5.41) is 29.6. The summed E-state index contributed by atoms with van der Waals surface area (Å²) >= 11 is 3.11. The van der Waals surface area contributed by atoms with Crippen LogP contribution >= 0.6 is 15.9 Å². The van der Waals surface area contributed by atoms with Gasteiger partial charge in [-0.3, -0.25) is 19.2 Å². The molecule has 0 unspecified atom stereocenters. The van der Waals surface area contributed by atoms with Gasteiger partial charge in [0.05, 0.1) is 321 Å². The zero-order valence-corrected chi connectivity index (χ0v) is 64.7. The van der Waals surface area contributed by atoms with E-state index in [4.69, 9.17) is 120 Å². The molecule has 1 rings (SSSR count). The van der Waals surface area contributed by atoms with Crippen LogP contribution < -0.4 is 27.0 Å². The number of aliphatic hydroxyl groups excluding tert-OH is 1. The van der Waals surface area contributed by atoms with E-state index in [1.54, 1.807) is 12.1 Å². The molecule has 35 heteroatoms. The molecule has 4 amide bonds. The first-order valence-corrected chi connectivity index (χ1v) is 37.9. The molecule has 34 nitrogen and oxygen atoms in total. The average Bonchev–Trinajstić information content (AvgIpc) is 0.862. The van der Waals surface area contributed by atoms with Gasteiger partial charge in [0.15, 0.2) is 0 Å². The fraction of sp³-hybridized carbons (Fsp3) is 0.831. The molecule has 0 bridgehead atoms. The van der Waals surface area contributed by atoms with Gasteiger partial charge in [-0.15, -0.1) is 0 Å². The van der Waals surface area contributed by atoms with Gasteiger partial charge in [0.25, 0.3) is 5.91 Å². The Morgan fingerprint density at radius 3 is 0.953 bits per heavy atom. The molecule has 0 saturated carbocycles. The standard InChI is InChI=1S/C71H130BrN5O29/c1-2-5-64(73)60-63-8-9-67(79)66(61-63)77-69(81)7-4-10-74-70(82)62-65(72)71(83)76-11-3-6-68(80)75-12-14-84-16-18-86-20-22-88-24-26-90-28-30-92-32-34-94-36-38-96-40-42-98-44-46-100-48-50-102-52-54-104-56-58-106-59-57-105-55-53-103-51-49-101-47-45-99-43-41-97-39-37-95-35-33-93-31-29-91-27-25-89-23-21-87-19-17-85-15-13-78/h8-9,61-62,64,78-79H,2-7,10-60,73H2,1H3,(H,74,82)(H,75,80)(H,76,83)(H,77,81)/b65-62-/t64-/m1/s1. The van der Waals surface area contributed by atoms with Crippen molar-refractivity contribution in [1.29, 1.82) is 0 Å². The monoisotopic (exact) mass is 1600 g/mol. The van der Waals surface area contributed by atoms with Crippen molar-refractivity contribution < 1.29 is 138 Å². The molecule has 0 heterocycles. The highest BCUT2D eigenvalue weighted by molar-refractivity contribution is 9.12. The Morgan fingerprint density at radius 2 is 0.660 bits per heavy atom. The lowest BCUT2D eigenvalue weighted by Gasteiger charge is -2.13. The van der Waals surface area contributed by atoms with Gasteiger partial charge in [0.2, 0.25) is 17.7 Å². The molecule has 0 aliphatic carbocycles. The van der Waals surface area contributed by atoms with E-state index < -0.39 is 11.8 Å². The van der Waals surface area contributed by atoms with Crippen molar-refractivity contribution in [3.05, 3.63) is 34.3 Å². The zero-order chi connectivity index (χ0) is 76.4. The van der Waals surface area contributed by atoms with Crippen LogP contribution in [0.3, 0.4) is 0 Å². The third kappa shape index (κ3) is 74.2. The van der Waals surface area contributed by atoms with Gasteiger partial charge in [-0.1, -0.05) is 19.4 Å². The number of aliphatic hydroxyl groups is 1. The number of hydrogen-bond donors (Lipinski definition) is 7. The maximum atomic E-state index is 12.5. The SMILES string of the molecule is CCC[C@@H](N)Cc1ccc(O)c(NC(=O)CCCNC(=O)/C=C(\Br)C(=O)NCCCC(=O)NCCOCCOCCOCCOCCOCCOCCOCCOCCOCCOCCOCCOCCOCCOCCOCCOCCOCCOCCOCCOCCOCCOCCOCCO)c1. The predicted octanol–water partition coefficient (Wildman–Crippen LogP) is 1.56. The fourth-order valence-corrected chi connectivity index (χ4v) is 8.73. The van der Waals surface area contributed by atoms with Crippen LogP contribution in [-0.4, -0.2) is 370 Å². The summed E-state index contributed by atoms with van der Waals surface area (Å²) in [6.45, 7) is 23.8. The summed E-state index contributed by atoms with van der Waals surface area (Å²) in [4.78, 5) is 49.3. The van der Waals surface area contributed by atoms with Crippen molar-refractivity contribution in [2.45, 2.75) is 57.9 Å². The van der Waals surface area contributed by atoms with Crippen molar-refractivity contribution >= 4 is 45.2 Å². The van der Waals surface area contributed by atoms with Gasteiger partial charge >= 0.3 is 0 Å². The second kappa shape index (κ2) is 82.1. The second-order valence-electron chi connectivity index (χ2n) is 22.6. The van der Waals surface area contributed by atoms with Crippen molar-refractivity contribution in [3.63, 3.8) is 0 Å². The molecule has 0 aliphatic rings. The number of ether oxygens (including phenoxy) is 23. The molecule has 8 N–H and O–H groups in total. The summed E-state index contributed by atoms with van der Waals surface area (Å²) in [6.07, 6.45) is 4.59. The molecule has 1 aromatic carbocycles. The Hall–Kier alpha value is -3.88. The number of anilines is 1. The highest BCUT2D eigenvalue weighted by atomic mass is 79.9. The third-order valence-corrected chi connectivity index (χ3v) is 14.3. The largest absolute Gasteiger partial charge is 0.506 e. The lowest BCUT2D eigenvalue weighted by atomic mass is 10.0. The van der Waals surface area contributed by atoms with Gasteiger partial charge < -0.3 is 146 Å². The predicted molar refractivity (Wildman–Crippen MR) is 394 cm³/mol. The number of nitrogens with one attached hydrogen (secondary N) is 4. The van der Waals surface area contributed by atoms with E-state index in [-0.39, 0.29) is 60.6 Å². The van der Waals surface area contributed by atoms with E-state index in [1.165, 1.54) is 6.07 Å². The first kappa shape index (κ1) is 100. The molecule has 0 aromatic heterocycles. The number of aromatic hydroxyl groups is 1. The lowest BCUT2D eigenvalue weighted by Crippen LogP contribution is -2.30. The number of nitrogens with two attached hydrogens (primary N) is 1. The van der Waals surface area contributed by atoms with Gasteiger partial charge in [-0.25, -0.2) is 0 Å². The average molecular weight is 1600 g/mol. The minimum Gasteiger partial charge on any atom is -0.506 e. The highest BCUT2D eigenvalue weighted by Gasteiger charge is 2.13. The molecular weight excluding hydrogens is 1470 g/mol. The summed E-state index contributed by atoms with van der Waals surface area (Å²) in [5.74, 6) is -1.57. The molecule has 1 aromatic rings. The normalized spacial score (nSPS) is 12.0. The molecule has 106 heavy (non-hydrogen) atoms. The van der Waals surface area contributed by atoms with Gasteiger partial charge in [-0.05, 0) is 59.3 Å². The van der Waals surface area contributed by atoms with Gasteiger partial charge in [0.1, 0.15) is 5.75 Å². The van der Waals surface area contributed by atoms with E-state index in [0.717, 1.165) is 24.5 Å². The molecule has 0 spiro atoms. The molecule has 1 atom stereocenters. The first-order valence-electron chi connectivity index (χ1n) is 37.1. The first-order chi connectivity index (χ1) is 52.2. The Kier molecular flexibility index (Phi) is 77.5. The minimum atomic E-state index is -0.513. The van der Waals surface area contributed by atoms with Gasteiger partial charge in [0, 0.05) is 44.6 Å². The number of benzene rings is 1. The van der Waals surface area contributed by atoms with Crippen LogP contribution in [0.4, 0.5) is 5.69 Å². The number of amides is 4. The number of rotatable bonds is 86. The Bertz CT molecular complexity index is 2140. The Labute approximate surface area is 636 Å².